The summed E-state index contributed by atoms with van der Waals surface area (Å²) in [5.41, 5.74) is 0. The molecular weight excluding hydrogens is 1070 g/mol. The van der Waals surface area contributed by atoms with Crippen molar-refractivity contribution in [1.82, 2.24) is 47.9 Å². The van der Waals surface area contributed by atoms with Crippen molar-refractivity contribution in [1.29, 1.82) is 0 Å². The van der Waals surface area contributed by atoms with Gasteiger partial charge in [0.05, 0.1) is 25.7 Å². The summed E-state index contributed by atoms with van der Waals surface area (Å²) in [7, 11) is 0. The van der Waals surface area contributed by atoms with Gasteiger partial charge in [-0.25, -0.2) is 4.79 Å². The number of unbranched alkanes of at least 4 members (excludes halogenated alkanes) is 6. The molecule has 0 spiro atoms. The number of nitrogens with one attached hydrogen (secondary N) is 9. The highest BCUT2D eigenvalue weighted by molar-refractivity contribution is 5.99. The van der Waals surface area contributed by atoms with E-state index in [0.29, 0.717) is 12.8 Å². The predicted octanol–water partition coefficient (Wildman–Crippen LogP) is 1.27. The molecule has 0 saturated carbocycles. The summed E-state index contributed by atoms with van der Waals surface area (Å²) in [5.74, 6) is -13.3. The van der Waals surface area contributed by atoms with E-state index in [2.05, 4.69) is 54.8 Å². The zero-order valence-corrected chi connectivity index (χ0v) is 50.7. The molecule has 13 N–H and O–H groups in total. The van der Waals surface area contributed by atoms with Gasteiger partial charge < -0.3 is 73.0 Å². The fraction of sp³-hybridized carbons (Fsp3) is 0.807. The van der Waals surface area contributed by atoms with Gasteiger partial charge in [-0.3, -0.25) is 47.9 Å². The number of carboxylic acids is 1. The summed E-state index contributed by atoms with van der Waals surface area (Å²) in [4.78, 5) is 153. The lowest BCUT2D eigenvalue weighted by molar-refractivity contribution is -0.158. The highest BCUT2D eigenvalue weighted by atomic mass is 16.5. The van der Waals surface area contributed by atoms with Crippen molar-refractivity contribution in [2.24, 2.45) is 29.6 Å². The third kappa shape index (κ3) is 27.4. The van der Waals surface area contributed by atoms with E-state index in [-0.39, 0.29) is 56.3 Å². The van der Waals surface area contributed by atoms with Crippen LogP contribution in [0.1, 0.15) is 186 Å². The van der Waals surface area contributed by atoms with Gasteiger partial charge in [-0.1, -0.05) is 134 Å². The Bertz CT molecular complexity index is 2080. The van der Waals surface area contributed by atoms with Crippen LogP contribution in [0.2, 0.25) is 0 Å². The lowest BCUT2D eigenvalue weighted by Crippen LogP contribution is -2.64. The second kappa shape index (κ2) is 38.8. The van der Waals surface area contributed by atoms with Gasteiger partial charge in [0.2, 0.25) is 53.2 Å². The van der Waals surface area contributed by atoms with Crippen LogP contribution < -0.4 is 47.9 Å². The molecule has 470 valence electrons. The fourth-order valence-corrected chi connectivity index (χ4v) is 9.13. The number of aliphatic hydroxyl groups is 3. The van der Waals surface area contributed by atoms with Crippen molar-refractivity contribution in [3.8, 4) is 0 Å². The third-order valence-electron chi connectivity index (χ3n) is 14.4. The van der Waals surface area contributed by atoms with Gasteiger partial charge >= 0.3 is 11.9 Å². The van der Waals surface area contributed by atoms with Gasteiger partial charge in [0.1, 0.15) is 60.5 Å². The lowest BCUT2D eigenvalue weighted by atomic mass is 9.96. The molecule has 1 heterocycles. The predicted molar refractivity (Wildman–Crippen MR) is 304 cm³/mol. The van der Waals surface area contributed by atoms with Crippen LogP contribution in [0.3, 0.4) is 0 Å². The van der Waals surface area contributed by atoms with E-state index in [9.17, 15) is 73.2 Å². The van der Waals surface area contributed by atoms with E-state index in [1.54, 1.807) is 69.2 Å². The second-order valence-corrected chi connectivity index (χ2v) is 23.3. The maximum atomic E-state index is 14.8. The highest BCUT2D eigenvalue weighted by Crippen LogP contribution is 2.18. The molecule has 1 aliphatic rings. The fourth-order valence-electron chi connectivity index (χ4n) is 9.13. The number of carbonyl (C=O) groups excluding carboxylic acids is 10. The molecule has 0 unspecified atom stereocenters. The standard InChI is InChI=1S/C57H101N9O16/c1-13-16-17-18-19-20-21-22-37(69)28-44(70)58-39(25-31(4)5)50(74)59-38(23-24-45(71)72)49(73)66-48-36(12)82-57(81)47(35(11)15-3)65-54(78)43(30-68)63-51(75)40(26-32(6)7)60-53(77)42(29-67)62-52(76)41(27-33(8)9)61-55(79)46(34(10)14-2)64-56(48)80/h31-43,46-48,67-69H,13-30H2,1-12H3,(H,58,70)(H,59,74)(H,60,77)(H,61,79)(H,62,76)(H,63,75)(H,64,80)(H,65,78)(H,66,73)(H,71,72)/t34-,35+,36-,37-,38-,39+,40+,41-,42-,43-,46-,47+,48-/m1/s1. The van der Waals surface area contributed by atoms with Crippen molar-refractivity contribution in [2.45, 2.75) is 252 Å². The average Bonchev–Trinajstić information content (AvgIpc) is 3.58. The first-order valence-corrected chi connectivity index (χ1v) is 29.6. The van der Waals surface area contributed by atoms with Gasteiger partial charge in [0.25, 0.3) is 0 Å². The number of aliphatic carboxylic acids is 1. The first-order valence-electron chi connectivity index (χ1n) is 29.6. The zero-order chi connectivity index (χ0) is 62.4. The van der Waals surface area contributed by atoms with Crippen LogP contribution in [0.25, 0.3) is 0 Å². The van der Waals surface area contributed by atoms with Crippen LogP contribution in [-0.2, 0) is 57.5 Å². The molecule has 1 saturated heterocycles. The molecule has 25 heteroatoms. The van der Waals surface area contributed by atoms with E-state index in [4.69, 9.17) is 4.74 Å². The Balaban J connectivity index is 3.98. The van der Waals surface area contributed by atoms with Gasteiger partial charge in [-0.2, -0.15) is 0 Å². The van der Waals surface area contributed by atoms with E-state index in [0.717, 1.165) is 38.5 Å². The molecule has 0 radical (unpaired) electrons. The minimum Gasteiger partial charge on any atom is -0.481 e. The maximum absolute atomic E-state index is 14.8. The highest BCUT2D eigenvalue weighted by Gasteiger charge is 2.41. The Morgan fingerprint density at radius 1 is 0.549 bits per heavy atom. The number of hydrogen-bond acceptors (Lipinski definition) is 15. The largest absolute Gasteiger partial charge is 0.481 e. The number of amides is 9. The van der Waals surface area contributed by atoms with Crippen molar-refractivity contribution in [3.63, 3.8) is 0 Å². The van der Waals surface area contributed by atoms with Gasteiger partial charge in [0.15, 0.2) is 0 Å². The Hall–Kier alpha value is -5.95. The minimum absolute atomic E-state index is 0.00953. The minimum atomic E-state index is -1.95. The molecule has 0 aromatic heterocycles. The van der Waals surface area contributed by atoms with E-state index in [1.807, 2.05) is 0 Å². The van der Waals surface area contributed by atoms with Crippen molar-refractivity contribution >= 4 is 65.1 Å². The van der Waals surface area contributed by atoms with E-state index < -0.39 is 170 Å². The topological polar surface area (TPSA) is 386 Å². The van der Waals surface area contributed by atoms with Crippen molar-refractivity contribution in [3.05, 3.63) is 0 Å². The monoisotopic (exact) mass is 1170 g/mol. The average molecular weight is 1170 g/mol. The number of rotatable bonds is 30. The SMILES string of the molecule is CCCCCCCCC[C@@H](O)CC(=O)N[C@@H](CC(C)C)C(=O)N[C@H](CCC(=O)O)C(=O)N[C@H]1C(=O)N[C@H]([C@H](C)CC)C(=O)N[C@H](CC(C)C)C(=O)N[C@H](CO)C(=O)N[C@@H](CC(C)C)C(=O)N[C@H](CO)C(=O)N[C@@H]([C@@H](C)CC)C(=O)O[C@@H]1C. The van der Waals surface area contributed by atoms with E-state index in [1.165, 1.54) is 6.92 Å². The number of aliphatic hydroxyl groups excluding tert-OH is 3. The lowest BCUT2D eigenvalue weighted by Gasteiger charge is -2.32. The maximum Gasteiger partial charge on any atom is 0.329 e. The molecule has 13 atom stereocenters. The summed E-state index contributed by atoms with van der Waals surface area (Å²) in [6.07, 6.45) is 3.74. The summed E-state index contributed by atoms with van der Waals surface area (Å²) in [6, 6.07) is -14.1. The van der Waals surface area contributed by atoms with Crippen LogP contribution in [-0.4, -0.2) is 165 Å². The summed E-state index contributed by atoms with van der Waals surface area (Å²) in [5, 5.41) is 63.9. The van der Waals surface area contributed by atoms with E-state index >= 15 is 0 Å². The smallest absolute Gasteiger partial charge is 0.329 e. The summed E-state index contributed by atoms with van der Waals surface area (Å²) in [6.45, 7) is 18.5. The van der Waals surface area contributed by atoms with Crippen LogP contribution in [0.15, 0.2) is 0 Å². The number of cyclic esters (lactones) is 1. The molecule has 0 aliphatic carbocycles. The van der Waals surface area contributed by atoms with Crippen molar-refractivity contribution in [2.75, 3.05) is 13.2 Å². The molecule has 82 heavy (non-hydrogen) atoms. The first kappa shape index (κ1) is 74.1. The molecule has 1 rings (SSSR count). The Morgan fingerprint density at radius 2 is 1.01 bits per heavy atom. The van der Waals surface area contributed by atoms with Crippen LogP contribution in [0, 0.1) is 29.6 Å². The molecule has 0 bridgehead atoms. The number of carboxylic acid groups (broad SMARTS) is 1. The molecule has 1 fully saturated rings. The molecule has 0 aromatic rings. The zero-order valence-electron chi connectivity index (χ0n) is 50.7. The van der Waals surface area contributed by atoms with Crippen LogP contribution >= 0.6 is 0 Å². The summed E-state index contributed by atoms with van der Waals surface area (Å²) >= 11 is 0. The third-order valence-corrected chi connectivity index (χ3v) is 14.4. The molecular formula is C57H101N9O16. The molecule has 1 aliphatic heterocycles. The van der Waals surface area contributed by atoms with Crippen molar-refractivity contribution < 1.29 is 77.9 Å². The quantitative estimate of drug-likeness (QED) is 0.0356. The Kier molecular flexibility index (Phi) is 35.0. The Labute approximate surface area is 484 Å². The molecule has 0 aromatic carbocycles. The van der Waals surface area contributed by atoms with Gasteiger partial charge in [-0.15, -0.1) is 0 Å². The van der Waals surface area contributed by atoms with Crippen LogP contribution in [0.4, 0.5) is 0 Å². The Morgan fingerprint density at radius 3 is 1.50 bits per heavy atom. The number of carbonyl (C=O) groups is 11. The van der Waals surface area contributed by atoms with Gasteiger partial charge in [-0.05, 0) is 68.6 Å². The summed E-state index contributed by atoms with van der Waals surface area (Å²) < 4.78 is 5.85. The number of ether oxygens (including phenoxy) is 1. The molecule has 25 nitrogen and oxygen atoms in total. The van der Waals surface area contributed by atoms with Gasteiger partial charge in [0, 0.05) is 6.42 Å². The number of hydrogen-bond donors (Lipinski definition) is 13. The first-order chi connectivity index (χ1) is 38.5. The second-order valence-electron chi connectivity index (χ2n) is 23.3. The molecule has 9 amide bonds. The van der Waals surface area contributed by atoms with Crippen LogP contribution in [0.5, 0.6) is 0 Å². The normalized spacial score (nSPS) is 23.9. The number of esters is 1.